The molecule has 2 N–H and O–H groups in total. The fraction of sp³-hybridized carbons (Fsp3) is 0.933. The van der Waals surface area contributed by atoms with Crippen LogP contribution in [0.2, 0.25) is 0 Å². The van der Waals surface area contributed by atoms with E-state index >= 15 is 0 Å². The molecule has 0 heterocycles. The minimum absolute atomic E-state index is 0.198. The van der Waals surface area contributed by atoms with Gasteiger partial charge in [0, 0.05) is 19.6 Å². The van der Waals surface area contributed by atoms with Gasteiger partial charge in [-0.1, -0.05) is 13.8 Å². The van der Waals surface area contributed by atoms with Gasteiger partial charge < -0.3 is 15.4 Å². The van der Waals surface area contributed by atoms with Crippen LogP contribution in [0.3, 0.4) is 0 Å². The van der Waals surface area contributed by atoms with E-state index in [1.54, 1.807) is 11.9 Å². The molecular weight excluding hydrogens is 240 g/mol. The minimum atomic E-state index is -0.435. The van der Waals surface area contributed by atoms with Crippen molar-refractivity contribution in [3.8, 4) is 0 Å². The summed E-state index contributed by atoms with van der Waals surface area (Å²) >= 11 is 0. The molecular formula is C15H32N2O2. The molecule has 0 aliphatic heterocycles. The number of nitrogens with zero attached hydrogens (tertiary/aromatic N) is 1. The van der Waals surface area contributed by atoms with Gasteiger partial charge in [0.15, 0.2) is 0 Å². The number of hydrogen-bond donors (Lipinski definition) is 1. The lowest BCUT2D eigenvalue weighted by Gasteiger charge is -2.29. The Morgan fingerprint density at radius 3 is 2.16 bits per heavy atom. The zero-order chi connectivity index (χ0) is 15.3. The minimum Gasteiger partial charge on any atom is -0.444 e. The standard InChI is InChI=1S/C15H32N2O2/c1-12(16)8-9-15(5,6)10-11-17(7)13(18)19-14(2,3)4/h12H,8-11,16H2,1-7H3. The van der Waals surface area contributed by atoms with Crippen LogP contribution in [0.15, 0.2) is 0 Å². The van der Waals surface area contributed by atoms with E-state index in [1.165, 1.54) is 0 Å². The van der Waals surface area contributed by atoms with Gasteiger partial charge in [-0.3, -0.25) is 0 Å². The van der Waals surface area contributed by atoms with E-state index in [-0.39, 0.29) is 17.6 Å². The van der Waals surface area contributed by atoms with E-state index < -0.39 is 5.60 Å². The van der Waals surface area contributed by atoms with Crippen LogP contribution in [0.1, 0.15) is 60.8 Å². The molecule has 1 atom stereocenters. The van der Waals surface area contributed by atoms with Crippen molar-refractivity contribution < 1.29 is 9.53 Å². The molecule has 0 aromatic rings. The van der Waals surface area contributed by atoms with Crippen LogP contribution in [0, 0.1) is 5.41 Å². The first-order valence-electron chi connectivity index (χ1n) is 7.13. The summed E-state index contributed by atoms with van der Waals surface area (Å²) in [5, 5.41) is 0. The summed E-state index contributed by atoms with van der Waals surface area (Å²) in [4.78, 5) is 13.5. The van der Waals surface area contributed by atoms with Crippen molar-refractivity contribution in [2.24, 2.45) is 11.1 Å². The van der Waals surface area contributed by atoms with Crippen LogP contribution >= 0.6 is 0 Å². The molecule has 0 saturated carbocycles. The Hall–Kier alpha value is -0.770. The summed E-state index contributed by atoms with van der Waals surface area (Å²) in [5.74, 6) is 0. The number of carbonyl (C=O) groups excluding carboxylic acids is 1. The monoisotopic (exact) mass is 272 g/mol. The van der Waals surface area contributed by atoms with Crippen molar-refractivity contribution in [1.82, 2.24) is 4.90 Å². The number of ether oxygens (including phenoxy) is 1. The Kier molecular flexibility index (Phi) is 6.84. The predicted octanol–water partition coefficient (Wildman–Crippen LogP) is 3.40. The lowest BCUT2D eigenvalue weighted by Crippen LogP contribution is -2.36. The number of nitrogens with two attached hydrogens (primary N) is 1. The molecule has 0 spiro atoms. The fourth-order valence-electron chi connectivity index (χ4n) is 1.64. The average Bonchev–Trinajstić information content (AvgIpc) is 2.21. The third-order valence-corrected chi connectivity index (χ3v) is 3.11. The number of amides is 1. The summed E-state index contributed by atoms with van der Waals surface area (Å²) in [6, 6.07) is 0.239. The van der Waals surface area contributed by atoms with Crippen LogP contribution in [0.5, 0.6) is 0 Å². The highest BCUT2D eigenvalue weighted by molar-refractivity contribution is 5.67. The Bertz CT molecular complexity index is 280. The van der Waals surface area contributed by atoms with Gasteiger partial charge in [0.2, 0.25) is 0 Å². The van der Waals surface area contributed by atoms with Gasteiger partial charge in [0.1, 0.15) is 5.60 Å². The van der Waals surface area contributed by atoms with Gasteiger partial charge in [-0.2, -0.15) is 0 Å². The molecule has 0 aromatic heterocycles. The average molecular weight is 272 g/mol. The smallest absolute Gasteiger partial charge is 0.410 e. The van der Waals surface area contributed by atoms with Gasteiger partial charge in [0.05, 0.1) is 0 Å². The van der Waals surface area contributed by atoms with Crippen LogP contribution in [-0.4, -0.2) is 36.2 Å². The molecule has 0 rings (SSSR count). The number of carbonyl (C=O) groups is 1. The zero-order valence-electron chi connectivity index (χ0n) is 13.7. The molecule has 0 aliphatic rings. The maximum absolute atomic E-state index is 11.8. The van der Waals surface area contributed by atoms with Crippen molar-refractivity contribution in [2.45, 2.75) is 72.4 Å². The highest BCUT2D eigenvalue weighted by Crippen LogP contribution is 2.27. The molecule has 1 unspecified atom stereocenters. The normalized spacial score (nSPS) is 14.1. The van der Waals surface area contributed by atoms with Crippen molar-refractivity contribution in [3.63, 3.8) is 0 Å². The first-order valence-corrected chi connectivity index (χ1v) is 7.13. The Labute approximate surface area is 118 Å². The molecule has 0 aromatic carbocycles. The van der Waals surface area contributed by atoms with E-state index in [0.29, 0.717) is 6.54 Å². The predicted molar refractivity (Wildman–Crippen MR) is 80.1 cm³/mol. The third-order valence-electron chi connectivity index (χ3n) is 3.11. The van der Waals surface area contributed by atoms with Crippen molar-refractivity contribution >= 4 is 6.09 Å². The molecule has 0 fully saturated rings. The van der Waals surface area contributed by atoms with Crippen LogP contribution in [0.4, 0.5) is 4.79 Å². The van der Waals surface area contributed by atoms with Crippen molar-refractivity contribution in [1.29, 1.82) is 0 Å². The maximum atomic E-state index is 11.8. The molecule has 1 amide bonds. The fourth-order valence-corrected chi connectivity index (χ4v) is 1.64. The molecule has 0 aliphatic carbocycles. The second-order valence-corrected chi connectivity index (χ2v) is 7.33. The van der Waals surface area contributed by atoms with Crippen LogP contribution in [-0.2, 0) is 4.74 Å². The molecule has 0 bridgehead atoms. The topological polar surface area (TPSA) is 55.6 Å². The van der Waals surface area contributed by atoms with Gasteiger partial charge in [0.25, 0.3) is 0 Å². The summed E-state index contributed by atoms with van der Waals surface area (Å²) in [5.41, 5.74) is 5.55. The maximum Gasteiger partial charge on any atom is 0.410 e. The summed E-state index contributed by atoms with van der Waals surface area (Å²) < 4.78 is 5.33. The van der Waals surface area contributed by atoms with Crippen molar-refractivity contribution in [3.05, 3.63) is 0 Å². The van der Waals surface area contributed by atoms with Gasteiger partial charge >= 0.3 is 6.09 Å². The quantitative estimate of drug-likeness (QED) is 0.806. The van der Waals surface area contributed by atoms with E-state index in [4.69, 9.17) is 10.5 Å². The molecule has 4 nitrogen and oxygen atoms in total. The summed E-state index contributed by atoms with van der Waals surface area (Å²) in [6.45, 7) is 12.8. The second kappa shape index (κ2) is 7.13. The molecule has 19 heavy (non-hydrogen) atoms. The van der Waals surface area contributed by atoms with Crippen molar-refractivity contribution in [2.75, 3.05) is 13.6 Å². The second-order valence-electron chi connectivity index (χ2n) is 7.33. The lowest BCUT2D eigenvalue weighted by molar-refractivity contribution is 0.0279. The van der Waals surface area contributed by atoms with E-state index in [2.05, 4.69) is 13.8 Å². The summed E-state index contributed by atoms with van der Waals surface area (Å²) in [6.07, 6.45) is 2.79. The van der Waals surface area contributed by atoms with Gasteiger partial charge in [-0.05, 0) is 52.4 Å². The van der Waals surface area contributed by atoms with E-state index in [0.717, 1.165) is 19.3 Å². The Morgan fingerprint density at radius 1 is 1.21 bits per heavy atom. The zero-order valence-corrected chi connectivity index (χ0v) is 13.7. The SMILES string of the molecule is CC(N)CCC(C)(C)CCN(C)C(=O)OC(C)(C)C. The Morgan fingerprint density at radius 2 is 1.74 bits per heavy atom. The van der Waals surface area contributed by atoms with Crippen LogP contribution in [0.25, 0.3) is 0 Å². The molecule has 0 radical (unpaired) electrons. The van der Waals surface area contributed by atoms with E-state index in [9.17, 15) is 4.79 Å². The van der Waals surface area contributed by atoms with Gasteiger partial charge in [-0.15, -0.1) is 0 Å². The van der Waals surface area contributed by atoms with Crippen LogP contribution < -0.4 is 5.73 Å². The number of hydrogen-bond acceptors (Lipinski definition) is 3. The largest absolute Gasteiger partial charge is 0.444 e. The molecule has 0 saturated heterocycles. The van der Waals surface area contributed by atoms with E-state index in [1.807, 2.05) is 27.7 Å². The third kappa shape index (κ3) is 9.77. The number of rotatable bonds is 6. The van der Waals surface area contributed by atoms with Gasteiger partial charge in [-0.25, -0.2) is 4.79 Å². The highest BCUT2D eigenvalue weighted by Gasteiger charge is 2.23. The molecule has 114 valence electrons. The highest BCUT2D eigenvalue weighted by atomic mass is 16.6. The first kappa shape index (κ1) is 18.2. The first-order chi connectivity index (χ1) is 8.43. The summed E-state index contributed by atoms with van der Waals surface area (Å²) in [7, 11) is 1.79. The Balaban J connectivity index is 4.13. The lowest BCUT2D eigenvalue weighted by atomic mass is 9.83. The molecule has 4 heteroatoms.